The minimum Gasteiger partial charge on any atom is -0.396 e. The van der Waals surface area contributed by atoms with Crippen LogP contribution in [0.5, 0.6) is 0 Å². The third kappa shape index (κ3) is 2.75. The van der Waals surface area contributed by atoms with E-state index >= 15 is 0 Å². The normalized spacial score (nSPS) is 9.50. The molecule has 1 aromatic rings. The highest BCUT2D eigenvalue weighted by atomic mass is 16.3. The Morgan fingerprint density at radius 2 is 2.29 bits per heavy atom. The van der Waals surface area contributed by atoms with Crippen molar-refractivity contribution >= 4 is 5.69 Å². The number of aryl methyl sites for hydroxylation is 1. The van der Waals surface area contributed by atoms with E-state index in [1.807, 2.05) is 19.1 Å². The topological polar surface area (TPSA) is 56.0 Å². The first-order valence-electron chi connectivity index (χ1n) is 4.63. The second-order valence-corrected chi connectivity index (χ2v) is 3.16. The minimum absolute atomic E-state index is 0.167. The maximum absolute atomic E-state index is 8.83. The quantitative estimate of drug-likeness (QED) is 0.710. The predicted molar refractivity (Wildman–Crippen MR) is 56.1 cm³/mol. The molecule has 74 valence electrons. The molecule has 0 radical (unpaired) electrons. The number of anilines is 1. The van der Waals surface area contributed by atoms with Gasteiger partial charge < -0.3 is 10.4 Å². The molecule has 0 aromatic heterocycles. The van der Waals surface area contributed by atoms with Crippen LogP contribution in [-0.4, -0.2) is 18.3 Å². The Labute approximate surface area is 84.0 Å². The van der Waals surface area contributed by atoms with E-state index in [0.29, 0.717) is 18.5 Å². The van der Waals surface area contributed by atoms with Crippen LogP contribution in [0, 0.1) is 18.3 Å². The molecular formula is C11H14N2O. The van der Waals surface area contributed by atoms with Crippen molar-refractivity contribution < 1.29 is 5.11 Å². The van der Waals surface area contributed by atoms with Crippen LogP contribution in [0.1, 0.15) is 17.5 Å². The Balaban J connectivity index is 2.73. The van der Waals surface area contributed by atoms with Gasteiger partial charge in [0.2, 0.25) is 0 Å². The van der Waals surface area contributed by atoms with Gasteiger partial charge in [-0.2, -0.15) is 5.26 Å². The summed E-state index contributed by atoms with van der Waals surface area (Å²) in [4.78, 5) is 0. The number of benzene rings is 1. The summed E-state index contributed by atoms with van der Waals surface area (Å²) >= 11 is 0. The van der Waals surface area contributed by atoms with Crippen LogP contribution >= 0.6 is 0 Å². The fourth-order valence-electron chi connectivity index (χ4n) is 1.20. The van der Waals surface area contributed by atoms with Gasteiger partial charge in [-0.05, 0) is 31.0 Å². The molecule has 2 N–H and O–H groups in total. The van der Waals surface area contributed by atoms with E-state index < -0.39 is 0 Å². The van der Waals surface area contributed by atoms with Gasteiger partial charge in [-0.15, -0.1) is 0 Å². The second-order valence-electron chi connectivity index (χ2n) is 3.16. The summed E-state index contributed by atoms with van der Waals surface area (Å²) in [6, 6.07) is 7.78. The highest BCUT2D eigenvalue weighted by molar-refractivity contribution is 5.58. The van der Waals surface area contributed by atoms with Crippen molar-refractivity contribution in [3.63, 3.8) is 0 Å². The van der Waals surface area contributed by atoms with Crippen molar-refractivity contribution in [2.45, 2.75) is 13.3 Å². The molecular weight excluding hydrogens is 176 g/mol. The van der Waals surface area contributed by atoms with Gasteiger partial charge in [-0.25, -0.2) is 0 Å². The van der Waals surface area contributed by atoms with E-state index in [4.69, 9.17) is 10.4 Å². The number of aliphatic hydroxyl groups excluding tert-OH is 1. The molecule has 1 rings (SSSR count). The summed E-state index contributed by atoms with van der Waals surface area (Å²) in [5.74, 6) is 0. The van der Waals surface area contributed by atoms with Crippen molar-refractivity contribution in [3.8, 4) is 6.07 Å². The molecule has 14 heavy (non-hydrogen) atoms. The molecule has 0 saturated carbocycles. The molecule has 3 nitrogen and oxygen atoms in total. The molecule has 0 aliphatic carbocycles. The summed E-state index contributed by atoms with van der Waals surface area (Å²) in [6.07, 6.45) is 0.693. The summed E-state index contributed by atoms with van der Waals surface area (Å²) in [7, 11) is 0. The lowest BCUT2D eigenvalue weighted by Crippen LogP contribution is -2.05. The zero-order valence-electron chi connectivity index (χ0n) is 8.25. The van der Waals surface area contributed by atoms with Gasteiger partial charge in [0, 0.05) is 13.2 Å². The van der Waals surface area contributed by atoms with E-state index in [1.165, 1.54) is 0 Å². The Morgan fingerprint density at radius 1 is 1.50 bits per heavy atom. The Morgan fingerprint density at radius 3 is 2.93 bits per heavy atom. The molecule has 0 fully saturated rings. The van der Waals surface area contributed by atoms with Gasteiger partial charge in [-0.1, -0.05) is 6.07 Å². The van der Waals surface area contributed by atoms with Gasteiger partial charge in [-0.3, -0.25) is 0 Å². The summed E-state index contributed by atoms with van der Waals surface area (Å²) in [5.41, 5.74) is 2.62. The summed E-state index contributed by atoms with van der Waals surface area (Å²) < 4.78 is 0. The van der Waals surface area contributed by atoms with E-state index in [-0.39, 0.29) is 6.61 Å². The van der Waals surface area contributed by atoms with E-state index in [2.05, 4.69) is 11.4 Å². The van der Waals surface area contributed by atoms with Crippen LogP contribution in [0.3, 0.4) is 0 Å². The van der Waals surface area contributed by atoms with Crippen molar-refractivity contribution in [1.82, 2.24) is 0 Å². The Hall–Kier alpha value is -1.53. The fourth-order valence-corrected chi connectivity index (χ4v) is 1.20. The van der Waals surface area contributed by atoms with Crippen LogP contribution < -0.4 is 5.32 Å². The van der Waals surface area contributed by atoms with Crippen LogP contribution in [0.4, 0.5) is 5.69 Å². The van der Waals surface area contributed by atoms with Crippen molar-refractivity contribution in [1.29, 1.82) is 5.26 Å². The number of aliphatic hydroxyl groups is 1. The smallest absolute Gasteiger partial charge is 0.101 e. The predicted octanol–water partition coefficient (Wildman–Crippen LogP) is 1.66. The highest BCUT2D eigenvalue weighted by Gasteiger charge is 2.00. The molecule has 0 atom stereocenters. The fraction of sp³-hybridized carbons (Fsp3) is 0.364. The molecule has 0 heterocycles. The molecule has 0 spiro atoms. The first kappa shape index (κ1) is 10.6. The van der Waals surface area contributed by atoms with Gasteiger partial charge in [0.15, 0.2) is 0 Å². The van der Waals surface area contributed by atoms with Gasteiger partial charge in [0.1, 0.15) is 6.07 Å². The number of nitriles is 1. The summed E-state index contributed by atoms with van der Waals surface area (Å²) in [5, 5.41) is 20.6. The third-order valence-corrected chi connectivity index (χ3v) is 1.95. The first-order chi connectivity index (χ1) is 6.77. The van der Waals surface area contributed by atoms with Crippen LogP contribution in [0.25, 0.3) is 0 Å². The second kappa shape index (κ2) is 5.25. The highest BCUT2D eigenvalue weighted by Crippen LogP contribution is 2.16. The Bertz CT molecular complexity index is 342. The lowest BCUT2D eigenvalue weighted by atomic mass is 10.1. The van der Waals surface area contributed by atoms with Gasteiger partial charge >= 0.3 is 0 Å². The molecule has 0 saturated heterocycles. The van der Waals surface area contributed by atoms with Gasteiger partial charge in [0.25, 0.3) is 0 Å². The van der Waals surface area contributed by atoms with Crippen molar-refractivity contribution in [3.05, 3.63) is 29.3 Å². The maximum atomic E-state index is 8.83. The zero-order chi connectivity index (χ0) is 10.4. The van der Waals surface area contributed by atoms with Crippen LogP contribution in [0.2, 0.25) is 0 Å². The molecule has 0 amide bonds. The number of rotatable bonds is 4. The monoisotopic (exact) mass is 190 g/mol. The zero-order valence-corrected chi connectivity index (χ0v) is 8.25. The minimum atomic E-state index is 0.167. The van der Waals surface area contributed by atoms with Crippen molar-refractivity contribution in [2.24, 2.45) is 0 Å². The Kier molecular flexibility index (Phi) is 3.96. The molecule has 0 unspecified atom stereocenters. The molecule has 0 aliphatic heterocycles. The molecule has 3 heteroatoms. The first-order valence-corrected chi connectivity index (χ1v) is 4.63. The van der Waals surface area contributed by atoms with E-state index in [9.17, 15) is 0 Å². The number of hydrogen-bond donors (Lipinski definition) is 2. The third-order valence-electron chi connectivity index (χ3n) is 1.95. The molecule has 0 bridgehead atoms. The molecule has 1 aromatic carbocycles. The van der Waals surface area contributed by atoms with Crippen molar-refractivity contribution in [2.75, 3.05) is 18.5 Å². The number of hydrogen-bond acceptors (Lipinski definition) is 3. The molecule has 0 aliphatic rings. The van der Waals surface area contributed by atoms with E-state index in [0.717, 1.165) is 11.3 Å². The number of nitrogens with zero attached hydrogens (tertiary/aromatic N) is 1. The largest absolute Gasteiger partial charge is 0.396 e. The van der Waals surface area contributed by atoms with Gasteiger partial charge in [0.05, 0.1) is 11.3 Å². The average Bonchev–Trinajstić information content (AvgIpc) is 2.19. The maximum Gasteiger partial charge on any atom is 0.101 e. The van der Waals surface area contributed by atoms with E-state index in [1.54, 1.807) is 6.07 Å². The SMILES string of the molecule is Cc1ccc(C#N)c(NCCCO)c1. The standard InChI is InChI=1S/C11H14N2O/c1-9-3-4-10(8-12)11(7-9)13-5-2-6-14/h3-4,7,13-14H,2,5-6H2,1H3. The van der Waals surface area contributed by atoms with Crippen LogP contribution in [-0.2, 0) is 0 Å². The lowest BCUT2D eigenvalue weighted by Gasteiger charge is -2.07. The number of nitrogens with one attached hydrogen (secondary N) is 1. The van der Waals surface area contributed by atoms with Crippen LogP contribution in [0.15, 0.2) is 18.2 Å². The average molecular weight is 190 g/mol. The summed E-state index contributed by atoms with van der Waals surface area (Å²) in [6.45, 7) is 2.84. The lowest BCUT2D eigenvalue weighted by molar-refractivity contribution is 0.292.